The molecule has 16 nitrogen and oxygen atoms in total. The van der Waals surface area contributed by atoms with Crippen molar-refractivity contribution in [2.75, 3.05) is 20.3 Å². The molecule has 4 heterocycles. The van der Waals surface area contributed by atoms with Crippen molar-refractivity contribution in [2.24, 2.45) is 17.3 Å². The topological polar surface area (TPSA) is 204 Å². The quantitative estimate of drug-likeness (QED) is 0.211. The van der Waals surface area contributed by atoms with Crippen molar-refractivity contribution in [1.29, 1.82) is 0 Å². The number of sulfonamides is 1. The maximum absolute atomic E-state index is 15.0. The highest BCUT2D eigenvalue weighted by Gasteiger charge is 2.62. The third-order valence-electron chi connectivity index (χ3n) is 12.9. The Labute approximate surface area is 365 Å². The second-order valence-corrected chi connectivity index (χ2v) is 21.2. The van der Waals surface area contributed by atoms with Crippen LogP contribution in [-0.4, -0.2) is 96.3 Å². The van der Waals surface area contributed by atoms with Gasteiger partial charge in [-0.2, -0.15) is 0 Å². The van der Waals surface area contributed by atoms with Gasteiger partial charge >= 0.3 is 6.09 Å². The van der Waals surface area contributed by atoms with E-state index in [2.05, 4.69) is 26.9 Å². The molecule has 1 aromatic carbocycles. The Kier molecular flexibility index (Phi) is 12.2. The van der Waals surface area contributed by atoms with Crippen LogP contribution in [-0.2, 0) is 42.2 Å². The molecule has 0 radical (unpaired) electrons. The number of thiazole rings is 1. The minimum Gasteiger partial charge on any atom is -0.496 e. The molecule has 4 fully saturated rings. The minimum absolute atomic E-state index is 0.0194. The molecule has 8 rings (SSSR count). The molecule has 62 heavy (non-hydrogen) atoms. The second kappa shape index (κ2) is 17.3. The van der Waals surface area contributed by atoms with Gasteiger partial charge in [0.05, 0.1) is 41.7 Å². The first-order valence-electron chi connectivity index (χ1n) is 21.5. The summed E-state index contributed by atoms with van der Waals surface area (Å²) >= 11 is 1.52. The van der Waals surface area contributed by atoms with E-state index in [0.29, 0.717) is 54.5 Å². The SMILES string of the molecule is C=C[C@H]1C[C@@]1(NC(=O)[C@@H]1C[C@@H]2CN1C(=O)[C@H](C1CCCC1)NC(=O)OCC(C)(C)CCCc1cc3c(cc(OCc4csc(C)n4)nc3cc1OC)O2)C(=O)NS(=O)(=O)C1CC1. The first-order chi connectivity index (χ1) is 29.6. The number of hydrogen-bond acceptors (Lipinski definition) is 13. The molecule has 0 spiro atoms. The summed E-state index contributed by atoms with van der Waals surface area (Å²) in [5, 5.41) is 8.60. The summed E-state index contributed by atoms with van der Waals surface area (Å²) in [6.45, 7) is 10.0. The minimum atomic E-state index is -3.92. The lowest BCUT2D eigenvalue weighted by Gasteiger charge is -2.32. The van der Waals surface area contributed by atoms with Crippen LogP contribution in [0.4, 0.5) is 4.79 Å². The fraction of sp³-hybridized carbons (Fsp3) is 0.591. The molecule has 1 saturated heterocycles. The summed E-state index contributed by atoms with van der Waals surface area (Å²) in [5.41, 5.74) is 0.259. The first-order valence-corrected chi connectivity index (χ1v) is 24.0. The highest BCUT2D eigenvalue weighted by Crippen LogP contribution is 2.46. The van der Waals surface area contributed by atoms with Gasteiger partial charge in [-0.3, -0.25) is 19.1 Å². The predicted octanol–water partition coefficient (Wildman–Crippen LogP) is 5.25. The number of alkyl carbamates (subject to hydrolysis) is 1. The molecule has 3 aromatic rings. The molecule has 2 aromatic heterocycles. The van der Waals surface area contributed by atoms with Crippen molar-refractivity contribution in [1.82, 2.24) is 30.2 Å². The van der Waals surface area contributed by atoms with Crippen LogP contribution in [0, 0.1) is 24.2 Å². The van der Waals surface area contributed by atoms with E-state index < -0.39 is 74.1 Å². The van der Waals surface area contributed by atoms with Crippen LogP contribution in [0.3, 0.4) is 0 Å². The summed E-state index contributed by atoms with van der Waals surface area (Å²) in [6.07, 6.45) is 6.42. The van der Waals surface area contributed by atoms with Gasteiger partial charge < -0.3 is 34.5 Å². The molecule has 4 amide bonds. The normalized spacial score (nSPS) is 26.7. The molecular weight excluding hydrogens is 837 g/mol. The van der Waals surface area contributed by atoms with Gasteiger partial charge in [-0.25, -0.2) is 23.2 Å². The summed E-state index contributed by atoms with van der Waals surface area (Å²) in [6, 6.07) is 3.40. The third-order valence-corrected chi connectivity index (χ3v) is 15.5. The number of carbonyl (C=O) groups excluding carboxylic acids is 4. The van der Waals surface area contributed by atoms with Crippen molar-refractivity contribution in [3.63, 3.8) is 0 Å². The van der Waals surface area contributed by atoms with E-state index in [1.54, 1.807) is 13.2 Å². The van der Waals surface area contributed by atoms with Crippen LogP contribution in [0.5, 0.6) is 17.4 Å². The Morgan fingerprint density at radius 3 is 2.56 bits per heavy atom. The average molecular weight is 893 g/mol. The van der Waals surface area contributed by atoms with Gasteiger partial charge in [0.2, 0.25) is 27.7 Å². The number of nitrogens with zero attached hydrogens (tertiary/aromatic N) is 3. The maximum atomic E-state index is 15.0. The number of methoxy groups -OCH3 is 1. The molecule has 4 bridgehead atoms. The van der Waals surface area contributed by atoms with Crippen LogP contribution in [0.25, 0.3) is 10.9 Å². The zero-order valence-corrected chi connectivity index (χ0v) is 37.3. The number of pyridine rings is 1. The van der Waals surface area contributed by atoms with Crippen molar-refractivity contribution >= 4 is 56.1 Å². The number of nitrogens with one attached hydrogen (secondary N) is 3. The number of aryl methyl sites for hydroxylation is 2. The van der Waals surface area contributed by atoms with Crippen LogP contribution < -0.4 is 29.6 Å². The van der Waals surface area contributed by atoms with E-state index >= 15 is 0 Å². The van der Waals surface area contributed by atoms with E-state index in [1.165, 1.54) is 22.3 Å². The van der Waals surface area contributed by atoms with E-state index in [4.69, 9.17) is 23.9 Å². The van der Waals surface area contributed by atoms with Crippen LogP contribution in [0.2, 0.25) is 0 Å². The highest BCUT2D eigenvalue weighted by molar-refractivity contribution is 7.91. The lowest BCUT2D eigenvalue weighted by molar-refractivity contribution is -0.142. The van der Waals surface area contributed by atoms with Gasteiger partial charge in [0.1, 0.15) is 41.8 Å². The summed E-state index contributed by atoms with van der Waals surface area (Å²) in [4.78, 5) is 67.6. The van der Waals surface area contributed by atoms with Gasteiger partial charge in [-0.15, -0.1) is 17.9 Å². The number of carbonyl (C=O) groups is 4. The largest absolute Gasteiger partial charge is 0.496 e. The fourth-order valence-electron chi connectivity index (χ4n) is 9.11. The Balaban J connectivity index is 1.16. The smallest absolute Gasteiger partial charge is 0.407 e. The Hall–Kier alpha value is -4.97. The van der Waals surface area contributed by atoms with Crippen LogP contribution >= 0.6 is 11.3 Å². The highest BCUT2D eigenvalue weighted by atomic mass is 32.2. The Morgan fingerprint density at radius 1 is 1.11 bits per heavy atom. The first kappa shape index (κ1) is 43.7. The monoisotopic (exact) mass is 892 g/mol. The number of aromatic nitrogens is 2. The maximum Gasteiger partial charge on any atom is 0.407 e. The van der Waals surface area contributed by atoms with Gasteiger partial charge in [0.25, 0.3) is 5.91 Å². The molecule has 0 unspecified atom stereocenters. The molecule has 5 atom stereocenters. The van der Waals surface area contributed by atoms with Gasteiger partial charge in [0.15, 0.2) is 0 Å². The molecule has 3 saturated carbocycles. The number of fused-ring (bicyclic) bond motifs is 3. The summed E-state index contributed by atoms with van der Waals surface area (Å²) in [7, 11) is -2.32. The fourth-order valence-corrected chi connectivity index (χ4v) is 11.1. The van der Waals surface area contributed by atoms with Gasteiger partial charge in [-0.1, -0.05) is 32.8 Å². The third kappa shape index (κ3) is 9.36. The zero-order valence-electron chi connectivity index (χ0n) is 35.7. The number of hydrogen-bond donors (Lipinski definition) is 3. The second-order valence-electron chi connectivity index (χ2n) is 18.2. The predicted molar refractivity (Wildman–Crippen MR) is 230 cm³/mol. The molecule has 3 aliphatic carbocycles. The number of cyclic esters (lactones) is 1. The van der Waals surface area contributed by atoms with Crippen LogP contribution in [0.1, 0.15) is 94.3 Å². The van der Waals surface area contributed by atoms with Crippen molar-refractivity contribution in [3.05, 3.63) is 52.5 Å². The number of ether oxygens (including phenoxy) is 4. The van der Waals surface area contributed by atoms with Crippen molar-refractivity contribution in [2.45, 2.75) is 127 Å². The van der Waals surface area contributed by atoms with E-state index in [1.807, 2.05) is 38.3 Å². The lowest BCUT2D eigenvalue weighted by atomic mass is 9.87. The Bertz CT molecular complexity index is 2360. The number of amides is 4. The Morgan fingerprint density at radius 2 is 1.89 bits per heavy atom. The summed E-state index contributed by atoms with van der Waals surface area (Å²) < 4.78 is 52.6. The van der Waals surface area contributed by atoms with E-state index in [9.17, 15) is 27.6 Å². The standard InChI is InChI=1S/C44H56N6O10S2/c1-6-28-20-44(28,41(53)49-62(55,56)31-13-14-31)48-39(51)34-17-30-21-50(34)40(52)38(26-10-7-8-11-26)47-42(54)59-24-43(3,4)15-9-12-27-16-32-33(18-35(27)57-5)46-37(19-36(32)60-30)58-22-29-23-61-25(2)45-29/h6,16,18-19,23,26,28,30-31,34,38H,1,7-15,17,20-22,24H2,2-5H3,(H,47,54)(H,48,51)(H,49,53)/t28-,30+,34-,38-,44-/m0/s1. The van der Waals surface area contributed by atoms with Gasteiger partial charge in [-0.05, 0) is 81.3 Å². The molecule has 18 heteroatoms. The molecule has 2 aliphatic heterocycles. The van der Waals surface area contributed by atoms with Crippen molar-refractivity contribution in [3.8, 4) is 17.4 Å². The number of benzene rings is 1. The number of rotatable bonds is 11. The molecule has 334 valence electrons. The van der Waals surface area contributed by atoms with Crippen LogP contribution in [0.15, 0.2) is 36.2 Å². The van der Waals surface area contributed by atoms with Gasteiger partial charge in [0, 0.05) is 35.2 Å². The molecular formula is C44H56N6O10S2. The van der Waals surface area contributed by atoms with Crippen molar-refractivity contribution < 1.29 is 46.5 Å². The van der Waals surface area contributed by atoms with E-state index in [0.717, 1.165) is 41.9 Å². The molecule has 3 N–H and O–H groups in total. The van der Waals surface area contributed by atoms with E-state index in [-0.39, 0.29) is 44.4 Å². The molecule has 5 aliphatic rings. The average Bonchev–Trinajstić information content (AvgIpc) is 4.03. The zero-order chi connectivity index (χ0) is 44.0. The summed E-state index contributed by atoms with van der Waals surface area (Å²) in [5.74, 6) is -1.35. The lowest BCUT2D eigenvalue weighted by Crippen LogP contribution is -2.59.